The van der Waals surface area contributed by atoms with Gasteiger partial charge in [-0.2, -0.15) is 0 Å². The third kappa shape index (κ3) is 11.0. The highest BCUT2D eigenvalue weighted by Crippen LogP contribution is 2.47. The Bertz CT molecular complexity index is 1250. The summed E-state index contributed by atoms with van der Waals surface area (Å²) in [6.07, 6.45) is 19.8. The maximum Gasteiger partial charge on any atom is 0.260 e. The topological polar surface area (TPSA) is 81.0 Å². The highest BCUT2D eigenvalue weighted by atomic mass is 16.4. The van der Waals surface area contributed by atoms with Crippen LogP contribution < -0.4 is 0 Å². The molecule has 280 valence electrons. The molecular weight excluding hydrogens is 631 g/mol. The zero-order valence-corrected chi connectivity index (χ0v) is 31.6. The van der Waals surface area contributed by atoms with Crippen molar-refractivity contribution in [2.45, 2.75) is 159 Å². The number of aliphatic hydroxyl groups excluding tert-OH is 2. The number of benzene rings is 3. The molecule has 3 aromatic rings. The number of hydrogen-bond donors (Lipinski definition) is 3. The Hall–Kier alpha value is -2.99. The van der Waals surface area contributed by atoms with Gasteiger partial charge in [-0.3, -0.25) is 4.79 Å². The lowest BCUT2D eigenvalue weighted by molar-refractivity contribution is -0.192. The first-order chi connectivity index (χ1) is 25.0. The van der Waals surface area contributed by atoms with Crippen LogP contribution in [0.4, 0.5) is 0 Å². The second-order valence-electron chi connectivity index (χ2n) is 15.1. The van der Waals surface area contributed by atoms with Crippen molar-refractivity contribution in [3.05, 3.63) is 108 Å². The average molecular weight is 698 g/mol. The molecule has 4 rings (SSSR count). The minimum atomic E-state index is -2.44. The van der Waals surface area contributed by atoms with Crippen molar-refractivity contribution in [1.82, 2.24) is 4.90 Å². The molecule has 1 saturated heterocycles. The third-order valence-electron chi connectivity index (χ3n) is 11.3. The number of nitrogens with zero attached hydrogens (tertiary/aromatic N) is 1. The predicted molar refractivity (Wildman–Crippen MR) is 211 cm³/mol. The first kappa shape index (κ1) is 40.8. The standard InChI is InChI=1S/C46H67NO4/c1-2-3-4-5-6-7-8-9-10-11-12-13-14-15-16-27-36-42(48)46(51,44(50)47-37-28-20-29-38-47)43(49)45(39-30-21-17-22-31-39,40-32-23-18-24-33-40)41-34-25-19-26-35-41/h17-19,21-26,30-35,42-43,48-49,51H,2-16,20,27-29,36-38H2,1H3. The summed E-state index contributed by atoms with van der Waals surface area (Å²) in [4.78, 5) is 16.2. The summed E-state index contributed by atoms with van der Waals surface area (Å²) in [5.74, 6) is -0.578. The Balaban J connectivity index is 1.44. The SMILES string of the molecule is CCCCCCCCCCCCCCCCCCC(O)C(O)(C(=O)N1CCCCC1)C(O)C(c1ccccc1)(c1ccccc1)c1ccccc1. The molecule has 1 heterocycles. The zero-order valence-electron chi connectivity index (χ0n) is 31.6. The number of carbonyl (C=O) groups is 1. The van der Waals surface area contributed by atoms with Gasteiger partial charge in [0.2, 0.25) is 0 Å². The van der Waals surface area contributed by atoms with E-state index in [0.29, 0.717) is 19.5 Å². The van der Waals surface area contributed by atoms with Crippen LogP contribution in [0.15, 0.2) is 91.0 Å². The van der Waals surface area contributed by atoms with E-state index in [4.69, 9.17) is 0 Å². The molecule has 0 radical (unpaired) electrons. The van der Waals surface area contributed by atoms with Crippen LogP contribution in [0.1, 0.15) is 152 Å². The van der Waals surface area contributed by atoms with Gasteiger partial charge in [-0.05, 0) is 42.4 Å². The van der Waals surface area contributed by atoms with Gasteiger partial charge in [0.15, 0.2) is 5.60 Å². The van der Waals surface area contributed by atoms with Crippen LogP contribution in [0, 0.1) is 0 Å². The Morgan fingerprint density at radius 1 is 0.569 bits per heavy atom. The third-order valence-corrected chi connectivity index (χ3v) is 11.3. The minimum absolute atomic E-state index is 0.236. The molecule has 0 bridgehead atoms. The maximum absolute atomic E-state index is 14.6. The van der Waals surface area contributed by atoms with Gasteiger partial charge < -0.3 is 20.2 Å². The van der Waals surface area contributed by atoms with Gasteiger partial charge in [-0.1, -0.05) is 201 Å². The molecule has 3 N–H and O–H groups in total. The van der Waals surface area contributed by atoms with Crippen molar-refractivity contribution >= 4 is 5.91 Å². The van der Waals surface area contributed by atoms with Gasteiger partial charge in [0.05, 0.1) is 11.5 Å². The average Bonchev–Trinajstić information content (AvgIpc) is 3.19. The van der Waals surface area contributed by atoms with Crippen molar-refractivity contribution < 1.29 is 20.1 Å². The monoisotopic (exact) mass is 698 g/mol. The molecule has 5 nitrogen and oxygen atoms in total. The van der Waals surface area contributed by atoms with Crippen LogP contribution >= 0.6 is 0 Å². The van der Waals surface area contributed by atoms with E-state index in [1.54, 1.807) is 4.90 Å². The number of rotatable bonds is 24. The van der Waals surface area contributed by atoms with Gasteiger partial charge in [0.1, 0.15) is 6.10 Å². The maximum atomic E-state index is 14.6. The lowest BCUT2D eigenvalue weighted by Gasteiger charge is -2.49. The summed E-state index contributed by atoms with van der Waals surface area (Å²) < 4.78 is 0. The van der Waals surface area contributed by atoms with E-state index in [1.165, 1.54) is 77.0 Å². The molecular formula is C46H67NO4. The lowest BCUT2D eigenvalue weighted by atomic mass is 9.60. The molecule has 1 amide bonds. The molecule has 1 fully saturated rings. The Labute approximate surface area is 309 Å². The largest absolute Gasteiger partial charge is 0.389 e. The van der Waals surface area contributed by atoms with Gasteiger partial charge >= 0.3 is 0 Å². The molecule has 0 saturated carbocycles. The molecule has 3 atom stereocenters. The van der Waals surface area contributed by atoms with E-state index >= 15 is 0 Å². The Morgan fingerprint density at radius 2 is 0.922 bits per heavy atom. The fourth-order valence-corrected chi connectivity index (χ4v) is 8.30. The number of hydrogen-bond acceptors (Lipinski definition) is 4. The summed E-state index contributed by atoms with van der Waals surface area (Å²) in [6, 6.07) is 28.9. The van der Waals surface area contributed by atoms with E-state index in [0.717, 1.165) is 55.2 Å². The van der Waals surface area contributed by atoms with Gasteiger partial charge in [0, 0.05) is 13.1 Å². The number of aliphatic hydroxyl groups is 3. The second-order valence-corrected chi connectivity index (χ2v) is 15.1. The molecule has 0 aliphatic carbocycles. The van der Waals surface area contributed by atoms with Crippen LogP contribution in [0.25, 0.3) is 0 Å². The van der Waals surface area contributed by atoms with Crippen LogP contribution in [0.3, 0.4) is 0 Å². The fourth-order valence-electron chi connectivity index (χ4n) is 8.30. The van der Waals surface area contributed by atoms with Crippen molar-refractivity contribution in [3.8, 4) is 0 Å². The van der Waals surface area contributed by atoms with Crippen molar-refractivity contribution in [2.24, 2.45) is 0 Å². The first-order valence-corrected chi connectivity index (χ1v) is 20.5. The van der Waals surface area contributed by atoms with E-state index in [9.17, 15) is 20.1 Å². The van der Waals surface area contributed by atoms with Gasteiger partial charge in [0.25, 0.3) is 5.91 Å². The minimum Gasteiger partial charge on any atom is -0.389 e. The van der Waals surface area contributed by atoms with E-state index in [2.05, 4.69) is 6.92 Å². The van der Waals surface area contributed by atoms with Crippen molar-refractivity contribution in [2.75, 3.05) is 13.1 Å². The molecule has 3 aromatic carbocycles. The Kier molecular flexibility index (Phi) is 17.7. The van der Waals surface area contributed by atoms with E-state index < -0.39 is 29.1 Å². The van der Waals surface area contributed by atoms with E-state index in [1.807, 2.05) is 91.0 Å². The molecule has 0 spiro atoms. The quantitative estimate of drug-likeness (QED) is 0.0643. The highest BCUT2D eigenvalue weighted by Gasteiger charge is 2.60. The smallest absolute Gasteiger partial charge is 0.260 e. The van der Waals surface area contributed by atoms with Crippen molar-refractivity contribution in [1.29, 1.82) is 0 Å². The summed E-state index contributed by atoms with van der Waals surface area (Å²) in [5, 5.41) is 37.7. The number of carbonyl (C=O) groups excluding carboxylic acids is 1. The van der Waals surface area contributed by atoms with Gasteiger partial charge in [-0.25, -0.2) is 0 Å². The molecule has 3 unspecified atom stereocenters. The van der Waals surface area contributed by atoms with Crippen LogP contribution in [0.2, 0.25) is 0 Å². The Morgan fingerprint density at radius 3 is 1.29 bits per heavy atom. The molecule has 0 aromatic heterocycles. The fraction of sp³-hybridized carbons (Fsp3) is 0.587. The lowest BCUT2D eigenvalue weighted by Crippen LogP contribution is -2.68. The number of unbranched alkanes of at least 4 members (excludes halogenated alkanes) is 15. The summed E-state index contributed by atoms with van der Waals surface area (Å²) in [6.45, 7) is 3.29. The number of amides is 1. The number of likely N-dealkylation sites (tertiary alicyclic amines) is 1. The van der Waals surface area contributed by atoms with Crippen LogP contribution in [-0.4, -0.2) is 57.0 Å². The zero-order chi connectivity index (χ0) is 36.2. The second kappa shape index (κ2) is 22.2. The molecule has 1 aliphatic rings. The summed E-state index contributed by atoms with van der Waals surface area (Å²) in [5.41, 5.74) is -1.54. The molecule has 1 aliphatic heterocycles. The number of piperidine rings is 1. The predicted octanol–water partition coefficient (Wildman–Crippen LogP) is 10.1. The van der Waals surface area contributed by atoms with Crippen molar-refractivity contribution in [3.63, 3.8) is 0 Å². The normalized spacial score (nSPS) is 16.0. The first-order valence-electron chi connectivity index (χ1n) is 20.5. The summed E-state index contributed by atoms with van der Waals surface area (Å²) in [7, 11) is 0. The highest BCUT2D eigenvalue weighted by molar-refractivity contribution is 5.87. The molecule has 5 heteroatoms. The van der Waals surface area contributed by atoms with Crippen LogP contribution in [-0.2, 0) is 10.2 Å². The molecule has 51 heavy (non-hydrogen) atoms. The summed E-state index contributed by atoms with van der Waals surface area (Å²) >= 11 is 0. The van der Waals surface area contributed by atoms with E-state index in [-0.39, 0.29) is 6.42 Å². The van der Waals surface area contributed by atoms with Crippen LogP contribution in [0.5, 0.6) is 0 Å². The van der Waals surface area contributed by atoms with Gasteiger partial charge in [-0.15, -0.1) is 0 Å².